The van der Waals surface area contributed by atoms with Gasteiger partial charge in [0.05, 0.1) is 12.9 Å². The number of aliphatic hydroxyl groups is 2. The third-order valence-corrected chi connectivity index (χ3v) is 3.21. The van der Waals surface area contributed by atoms with Gasteiger partial charge in [0.25, 0.3) is 0 Å². The lowest BCUT2D eigenvalue weighted by atomic mass is 10.1. The maximum Gasteiger partial charge on any atom is 0.224 e. The number of fused-ring (bicyclic) bond motifs is 1. The number of nitrogen functional groups attached to an aromatic ring is 2. The van der Waals surface area contributed by atoms with Gasteiger partial charge < -0.3 is 26.4 Å². The Bertz CT molecular complexity index is 649. The minimum Gasteiger partial charge on any atom is -0.394 e. The van der Waals surface area contributed by atoms with E-state index in [9.17, 15) is 9.50 Å². The molecule has 1 fully saturated rings. The fraction of sp³-hybridized carbons (Fsp3) is 0.500. The van der Waals surface area contributed by atoms with Crippen LogP contribution in [0.3, 0.4) is 0 Å². The lowest BCUT2D eigenvalue weighted by molar-refractivity contribution is -0.0495. The van der Waals surface area contributed by atoms with Crippen molar-refractivity contribution in [2.45, 2.75) is 24.6 Å². The number of aromatic nitrogens is 4. The molecular weight excluding hydrogens is 271 g/mol. The summed E-state index contributed by atoms with van der Waals surface area (Å²) in [4.78, 5) is 11.7. The fourth-order valence-electron chi connectivity index (χ4n) is 2.23. The van der Waals surface area contributed by atoms with Crippen molar-refractivity contribution in [2.75, 3.05) is 18.1 Å². The number of imidazole rings is 1. The molecule has 3 heterocycles. The molecule has 2 aromatic heterocycles. The van der Waals surface area contributed by atoms with Crippen LogP contribution in [0.5, 0.6) is 0 Å². The van der Waals surface area contributed by atoms with E-state index in [1.54, 1.807) is 0 Å². The molecule has 9 nitrogen and oxygen atoms in total. The second-order valence-corrected chi connectivity index (χ2v) is 4.47. The zero-order valence-electron chi connectivity index (χ0n) is 10.2. The average molecular weight is 284 g/mol. The van der Waals surface area contributed by atoms with Crippen LogP contribution >= 0.6 is 0 Å². The van der Waals surface area contributed by atoms with E-state index in [4.69, 9.17) is 21.3 Å². The molecule has 0 amide bonds. The van der Waals surface area contributed by atoms with Gasteiger partial charge in [-0.2, -0.15) is 9.97 Å². The lowest BCUT2D eigenvalue weighted by Crippen LogP contribution is -2.29. The summed E-state index contributed by atoms with van der Waals surface area (Å²) in [5, 5.41) is 18.9. The summed E-state index contributed by atoms with van der Waals surface area (Å²) in [6, 6.07) is 0. The maximum atomic E-state index is 13.7. The predicted molar refractivity (Wildman–Crippen MR) is 66.0 cm³/mol. The second kappa shape index (κ2) is 4.51. The molecule has 0 unspecified atom stereocenters. The number of alkyl halides is 1. The van der Waals surface area contributed by atoms with E-state index in [2.05, 4.69) is 15.0 Å². The number of rotatable bonds is 2. The molecule has 0 aliphatic carbocycles. The number of hydrogen-bond donors (Lipinski definition) is 4. The van der Waals surface area contributed by atoms with Gasteiger partial charge in [0.1, 0.15) is 17.7 Å². The van der Waals surface area contributed by atoms with Crippen molar-refractivity contribution in [2.24, 2.45) is 0 Å². The number of halogens is 1. The van der Waals surface area contributed by atoms with Gasteiger partial charge in [-0.25, -0.2) is 9.37 Å². The van der Waals surface area contributed by atoms with Crippen LogP contribution in [0.4, 0.5) is 16.2 Å². The highest BCUT2D eigenvalue weighted by atomic mass is 19.1. The van der Waals surface area contributed by atoms with Crippen molar-refractivity contribution in [1.82, 2.24) is 19.5 Å². The van der Waals surface area contributed by atoms with E-state index in [0.717, 1.165) is 0 Å². The first kappa shape index (κ1) is 13.0. The normalized spacial score (nSPS) is 30.1. The van der Waals surface area contributed by atoms with Gasteiger partial charge in [-0.3, -0.25) is 4.57 Å². The average Bonchev–Trinajstić information content (AvgIpc) is 2.93. The zero-order chi connectivity index (χ0) is 14.4. The topological polar surface area (TPSA) is 145 Å². The smallest absolute Gasteiger partial charge is 0.224 e. The SMILES string of the molecule is Nc1nc(N)c2ncn([C@@H]3O[C@H](CO)[C@@H](F)[C@H]3O)c2n1. The van der Waals surface area contributed by atoms with Gasteiger partial charge in [-0.05, 0) is 0 Å². The first-order chi connectivity index (χ1) is 9.52. The predicted octanol–water partition coefficient (Wildman–Crippen LogP) is -1.42. The third kappa shape index (κ3) is 1.77. The number of ether oxygens (including phenoxy) is 1. The van der Waals surface area contributed by atoms with Crippen LogP contribution in [-0.2, 0) is 4.74 Å². The van der Waals surface area contributed by atoms with Gasteiger partial charge in [0, 0.05) is 0 Å². The molecule has 108 valence electrons. The molecule has 20 heavy (non-hydrogen) atoms. The summed E-state index contributed by atoms with van der Waals surface area (Å²) in [5.74, 6) is 0.00832. The van der Waals surface area contributed by atoms with Crippen LogP contribution in [0.2, 0.25) is 0 Å². The van der Waals surface area contributed by atoms with Crippen LogP contribution in [0.1, 0.15) is 6.23 Å². The van der Waals surface area contributed by atoms with E-state index in [-0.39, 0.29) is 22.9 Å². The number of hydrogen-bond acceptors (Lipinski definition) is 8. The van der Waals surface area contributed by atoms with Gasteiger partial charge in [0.2, 0.25) is 5.95 Å². The van der Waals surface area contributed by atoms with Crippen molar-refractivity contribution in [3.05, 3.63) is 6.33 Å². The molecule has 3 rings (SSSR count). The number of aliphatic hydroxyl groups excluding tert-OH is 2. The van der Waals surface area contributed by atoms with Crippen molar-refractivity contribution in [3.8, 4) is 0 Å². The molecule has 10 heteroatoms. The Balaban J connectivity index is 2.07. The number of nitrogens with zero attached hydrogens (tertiary/aromatic N) is 4. The summed E-state index contributed by atoms with van der Waals surface area (Å²) in [6.07, 6.45) is -4.04. The Morgan fingerprint density at radius 1 is 1.40 bits per heavy atom. The van der Waals surface area contributed by atoms with Crippen molar-refractivity contribution in [1.29, 1.82) is 0 Å². The summed E-state index contributed by atoms with van der Waals surface area (Å²) < 4.78 is 20.3. The Morgan fingerprint density at radius 2 is 2.15 bits per heavy atom. The summed E-state index contributed by atoms with van der Waals surface area (Å²) in [6.45, 7) is -0.541. The van der Waals surface area contributed by atoms with Crippen LogP contribution < -0.4 is 11.5 Å². The molecular formula is C10H13FN6O3. The highest BCUT2D eigenvalue weighted by molar-refractivity contribution is 5.82. The molecule has 0 bridgehead atoms. The molecule has 0 aromatic carbocycles. The molecule has 4 atom stereocenters. The van der Waals surface area contributed by atoms with E-state index in [0.29, 0.717) is 0 Å². The molecule has 1 aliphatic heterocycles. The van der Waals surface area contributed by atoms with Crippen molar-refractivity contribution < 1.29 is 19.3 Å². The summed E-state index contributed by atoms with van der Waals surface area (Å²) in [7, 11) is 0. The molecule has 0 radical (unpaired) electrons. The first-order valence-electron chi connectivity index (χ1n) is 5.87. The van der Waals surface area contributed by atoms with Crippen LogP contribution in [0, 0.1) is 0 Å². The highest BCUT2D eigenvalue weighted by Gasteiger charge is 2.45. The quantitative estimate of drug-likeness (QED) is 0.525. The molecule has 2 aromatic rings. The molecule has 6 N–H and O–H groups in total. The Labute approximate surface area is 112 Å². The van der Waals surface area contributed by atoms with E-state index < -0.39 is 31.2 Å². The molecule has 0 saturated carbocycles. The van der Waals surface area contributed by atoms with E-state index in [1.807, 2.05) is 0 Å². The first-order valence-corrected chi connectivity index (χ1v) is 5.87. The minimum atomic E-state index is -1.71. The third-order valence-electron chi connectivity index (χ3n) is 3.21. The molecule has 0 spiro atoms. The lowest BCUT2D eigenvalue weighted by Gasteiger charge is -2.16. The largest absolute Gasteiger partial charge is 0.394 e. The van der Waals surface area contributed by atoms with E-state index >= 15 is 0 Å². The van der Waals surface area contributed by atoms with E-state index in [1.165, 1.54) is 10.9 Å². The van der Waals surface area contributed by atoms with Crippen LogP contribution in [0.25, 0.3) is 11.2 Å². The van der Waals surface area contributed by atoms with Crippen molar-refractivity contribution >= 4 is 22.9 Å². The summed E-state index contributed by atoms with van der Waals surface area (Å²) >= 11 is 0. The van der Waals surface area contributed by atoms with Crippen molar-refractivity contribution in [3.63, 3.8) is 0 Å². The summed E-state index contributed by atoms with van der Waals surface area (Å²) in [5.41, 5.74) is 11.7. The minimum absolute atomic E-state index is 0.0697. The molecule has 1 aliphatic rings. The maximum absolute atomic E-state index is 13.7. The van der Waals surface area contributed by atoms with Gasteiger partial charge >= 0.3 is 0 Å². The number of nitrogens with two attached hydrogens (primary N) is 2. The Morgan fingerprint density at radius 3 is 2.80 bits per heavy atom. The van der Waals surface area contributed by atoms with Crippen LogP contribution in [0.15, 0.2) is 6.33 Å². The Kier molecular flexibility index (Phi) is 2.92. The van der Waals surface area contributed by atoms with Gasteiger partial charge in [-0.15, -0.1) is 0 Å². The Hall–Kier alpha value is -2.04. The zero-order valence-corrected chi connectivity index (χ0v) is 10.2. The van der Waals surface area contributed by atoms with Gasteiger partial charge in [-0.1, -0.05) is 0 Å². The standard InChI is InChI=1S/C10H13FN6O3/c11-4-3(1-18)20-9(6(4)19)17-2-14-5-7(12)15-10(13)16-8(5)17/h2-4,6,9,18-19H,1H2,(H4,12,13,15,16)/t3-,4-,6-,9-/m1/s1. The monoisotopic (exact) mass is 284 g/mol. The van der Waals surface area contributed by atoms with Crippen LogP contribution in [-0.4, -0.2) is 54.7 Å². The number of anilines is 2. The highest BCUT2D eigenvalue weighted by Crippen LogP contribution is 2.33. The fourth-order valence-corrected chi connectivity index (χ4v) is 2.23. The second-order valence-electron chi connectivity index (χ2n) is 4.47. The van der Waals surface area contributed by atoms with Gasteiger partial charge in [0.15, 0.2) is 23.9 Å². The molecule has 1 saturated heterocycles.